The van der Waals surface area contributed by atoms with Crippen molar-refractivity contribution in [3.05, 3.63) is 34.9 Å². The second-order valence-corrected chi connectivity index (χ2v) is 5.21. The first kappa shape index (κ1) is 13.4. The SMILES string of the molecule is CC1CN(C(=O)Cc2ccccc2Cl)C(C)CO1. The molecule has 1 amide bonds. The number of rotatable bonds is 2. The summed E-state index contributed by atoms with van der Waals surface area (Å²) in [5.41, 5.74) is 0.885. The molecule has 0 aliphatic carbocycles. The number of hydrogen-bond acceptors (Lipinski definition) is 2. The zero-order valence-corrected chi connectivity index (χ0v) is 11.5. The van der Waals surface area contributed by atoms with Gasteiger partial charge >= 0.3 is 0 Å². The van der Waals surface area contributed by atoms with Gasteiger partial charge in [0.05, 0.1) is 25.2 Å². The van der Waals surface area contributed by atoms with Crippen molar-refractivity contribution in [1.82, 2.24) is 4.90 Å². The van der Waals surface area contributed by atoms with Crippen LogP contribution in [0.5, 0.6) is 0 Å². The van der Waals surface area contributed by atoms with Crippen LogP contribution in [0.25, 0.3) is 0 Å². The normalized spacial score (nSPS) is 24.1. The van der Waals surface area contributed by atoms with Gasteiger partial charge in [-0.05, 0) is 25.5 Å². The van der Waals surface area contributed by atoms with Crippen molar-refractivity contribution in [1.29, 1.82) is 0 Å². The Kier molecular flexibility index (Phi) is 4.25. The van der Waals surface area contributed by atoms with E-state index in [0.717, 1.165) is 5.56 Å². The number of carbonyl (C=O) groups excluding carboxylic acids is 1. The fraction of sp³-hybridized carbons (Fsp3) is 0.500. The topological polar surface area (TPSA) is 29.5 Å². The minimum Gasteiger partial charge on any atom is -0.375 e. The van der Waals surface area contributed by atoms with Crippen molar-refractivity contribution >= 4 is 17.5 Å². The number of hydrogen-bond donors (Lipinski definition) is 0. The lowest BCUT2D eigenvalue weighted by Crippen LogP contribution is -2.50. The number of amides is 1. The fourth-order valence-corrected chi connectivity index (χ4v) is 2.36. The van der Waals surface area contributed by atoms with Crippen LogP contribution in [0, 0.1) is 0 Å². The molecule has 2 rings (SSSR count). The Hall–Kier alpha value is -1.06. The highest BCUT2D eigenvalue weighted by atomic mass is 35.5. The number of morpholine rings is 1. The Morgan fingerprint density at radius 2 is 2.17 bits per heavy atom. The van der Waals surface area contributed by atoms with Gasteiger partial charge in [0.1, 0.15) is 0 Å². The first-order valence-electron chi connectivity index (χ1n) is 6.22. The van der Waals surface area contributed by atoms with Gasteiger partial charge in [-0.2, -0.15) is 0 Å². The summed E-state index contributed by atoms with van der Waals surface area (Å²) in [4.78, 5) is 14.2. The predicted molar refractivity (Wildman–Crippen MR) is 71.7 cm³/mol. The molecule has 2 atom stereocenters. The lowest BCUT2D eigenvalue weighted by molar-refractivity contribution is -0.142. The molecule has 1 aromatic carbocycles. The lowest BCUT2D eigenvalue weighted by atomic mass is 10.1. The van der Waals surface area contributed by atoms with E-state index in [1.165, 1.54) is 0 Å². The van der Waals surface area contributed by atoms with Crippen LogP contribution >= 0.6 is 11.6 Å². The van der Waals surface area contributed by atoms with Gasteiger partial charge in [0.15, 0.2) is 0 Å². The Balaban J connectivity index is 2.05. The highest BCUT2D eigenvalue weighted by Gasteiger charge is 2.27. The second kappa shape index (κ2) is 5.72. The van der Waals surface area contributed by atoms with Gasteiger partial charge in [-0.25, -0.2) is 0 Å². The van der Waals surface area contributed by atoms with Crippen molar-refractivity contribution in [3.8, 4) is 0 Å². The van der Waals surface area contributed by atoms with E-state index in [1.807, 2.05) is 43.0 Å². The molecule has 1 saturated heterocycles. The Bertz CT molecular complexity index is 436. The molecule has 98 valence electrons. The largest absolute Gasteiger partial charge is 0.375 e. The molecule has 18 heavy (non-hydrogen) atoms. The average Bonchev–Trinajstić information content (AvgIpc) is 2.35. The molecule has 1 aromatic rings. The lowest BCUT2D eigenvalue weighted by Gasteiger charge is -2.37. The van der Waals surface area contributed by atoms with Crippen molar-refractivity contribution in [2.45, 2.75) is 32.4 Å². The molecule has 0 bridgehead atoms. The molecule has 0 spiro atoms. The van der Waals surface area contributed by atoms with Crippen molar-refractivity contribution in [2.75, 3.05) is 13.2 Å². The quantitative estimate of drug-likeness (QED) is 0.824. The van der Waals surface area contributed by atoms with Gasteiger partial charge in [-0.3, -0.25) is 4.79 Å². The molecule has 1 fully saturated rings. The average molecular weight is 268 g/mol. The third-order valence-electron chi connectivity index (χ3n) is 3.23. The van der Waals surface area contributed by atoms with Crippen LogP contribution in [-0.2, 0) is 16.0 Å². The van der Waals surface area contributed by atoms with E-state index in [2.05, 4.69) is 0 Å². The fourth-order valence-electron chi connectivity index (χ4n) is 2.16. The molecule has 4 heteroatoms. The van der Waals surface area contributed by atoms with E-state index in [-0.39, 0.29) is 18.1 Å². The highest BCUT2D eigenvalue weighted by molar-refractivity contribution is 6.31. The third kappa shape index (κ3) is 3.03. The molecule has 0 radical (unpaired) electrons. The molecular formula is C14H18ClNO2. The molecule has 0 N–H and O–H groups in total. The van der Waals surface area contributed by atoms with Crippen molar-refractivity contribution in [3.63, 3.8) is 0 Å². The maximum Gasteiger partial charge on any atom is 0.227 e. The van der Waals surface area contributed by atoms with Gasteiger partial charge < -0.3 is 9.64 Å². The monoisotopic (exact) mass is 267 g/mol. The minimum atomic E-state index is 0.108. The second-order valence-electron chi connectivity index (χ2n) is 4.81. The summed E-state index contributed by atoms with van der Waals surface area (Å²) in [7, 11) is 0. The molecule has 1 heterocycles. The van der Waals surface area contributed by atoms with Crippen molar-refractivity contribution in [2.24, 2.45) is 0 Å². The van der Waals surface area contributed by atoms with E-state index in [4.69, 9.17) is 16.3 Å². The number of benzene rings is 1. The number of halogens is 1. The molecule has 1 aliphatic heterocycles. The summed E-state index contributed by atoms with van der Waals surface area (Å²) in [6.45, 7) is 5.26. The van der Waals surface area contributed by atoms with Gasteiger partial charge in [0.2, 0.25) is 5.91 Å². The van der Waals surface area contributed by atoms with E-state index >= 15 is 0 Å². The van der Waals surface area contributed by atoms with Crippen LogP contribution in [0.2, 0.25) is 5.02 Å². The van der Waals surface area contributed by atoms with Crippen LogP contribution in [0.1, 0.15) is 19.4 Å². The van der Waals surface area contributed by atoms with E-state index < -0.39 is 0 Å². The smallest absolute Gasteiger partial charge is 0.227 e. The van der Waals surface area contributed by atoms with Crippen LogP contribution in [0.3, 0.4) is 0 Å². The van der Waals surface area contributed by atoms with Crippen LogP contribution in [0.15, 0.2) is 24.3 Å². The Morgan fingerprint density at radius 3 is 2.89 bits per heavy atom. The molecule has 0 aromatic heterocycles. The Morgan fingerprint density at radius 1 is 1.44 bits per heavy atom. The Labute approximate surface area is 113 Å². The van der Waals surface area contributed by atoms with Crippen molar-refractivity contribution < 1.29 is 9.53 Å². The molecule has 3 nitrogen and oxygen atoms in total. The first-order chi connectivity index (χ1) is 8.58. The van der Waals surface area contributed by atoms with Crippen LogP contribution < -0.4 is 0 Å². The van der Waals surface area contributed by atoms with Crippen LogP contribution in [-0.4, -0.2) is 36.1 Å². The summed E-state index contributed by atoms with van der Waals surface area (Å²) >= 11 is 6.08. The molecular weight excluding hydrogens is 250 g/mol. The van der Waals surface area contributed by atoms with E-state index in [1.54, 1.807) is 0 Å². The summed E-state index contributed by atoms with van der Waals surface area (Å²) in [5.74, 6) is 0.116. The third-order valence-corrected chi connectivity index (χ3v) is 3.60. The van der Waals surface area contributed by atoms with E-state index in [0.29, 0.717) is 24.6 Å². The van der Waals surface area contributed by atoms with E-state index in [9.17, 15) is 4.79 Å². The summed E-state index contributed by atoms with van der Waals surface area (Å²) in [6, 6.07) is 7.62. The van der Waals surface area contributed by atoms with Crippen LogP contribution in [0.4, 0.5) is 0 Å². The summed E-state index contributed by atoms with van der Waals surface area (Å²) in [6.07, 6.45) is 0.466. The van der Waals surface area contributed by atoms with Gasteiger partial charge in [0, 0.05) is 11.6 Å². The van der Waals surface area contributed by atoms with Gasteiger partial charge in [0.25, 0.3) is 0 Å². The van der Waals surface area contributed by atoms with Gasteiger partial charge in [-0.15, -0.1) is 0 Å². The highest BCUT2D eigenvalue weighted by Crippen LogP contribution is 2.18. The molecule has 2 unspecified atom stereocenters. The maximum atomic E-state index is 12.3. The molecule has 0 saturated carbocycles. The zero-order valence-electron chi connectivity index (χ0n) is 10.7. The summed E-state index contributed by atoms with van der Waals surface area (Å²) in [5, 5.41) is 0.653. The number of ether oxygens (including phenoxy) is 1. The first-order valence-corrected chi connectivity index (χ1v) is 6.60. The van der Waals surface area contributed by atoms with Gasteiger partial charge in [-0.1, -0.05) is 29.8 Å². The minimum absolute atomic E-state index is 0.108. The maximum absolute atomic E-state index is 12.3. The molecule has 1 aliphatic rings. The number of nitrogens with zero attached hydrogens (tertiary/aromatic N) is 1. The summed E-state index contributed by atoms with van der Waals surface area (Å²) < 4.78 is 5.52. The predicted octanol–water partition coefficient (Wildman–Crippen LogP) is 2.52. The standard InChI is InChI=1S/C14H18ClNO2/c1-10-9-18-11(2)8-16(10)14(17)7-12-5-3-4-6-13(12)15/h3-6,10-11H,7-9H2,1-2H3. The number of carbonyl (C=O) groups is 1. The zero-order chi connectivity index (χ0) is 13.1.